The molecule has 1 rings (SSSR count). The van der Waals surface area contributed by atoms with Gasteiger partial charge < -0.3 is 9.66 Å². The van der Waals surface area contributed by atoms with Crippen molar-refractivity contribution in [2.24, 2.45) is 0 Å². The number of hydrogen-bond donors (Lipinski definition) is 1. The van der Waals surface area contributed by atoms with Crippen LogP contribution in [-0.2, 0) is 16.8 Å². The molecule has 0 aliphatic rings. The van der Waals surface area contributed by atoms with E-state index in [1.54, 1.807) is 18.2 Å². The smallest absolute Gasteiger partial charge is 0.119 e. The lowest BCUT2D eigenvalue weighted by atomic mass is 10.2. The Hall–Kier alpha value is -0.870. The zero-order valence-corrected chi connectivity index (χ0v) is 6.50. The zero-order chi connectivity index (χ0) is 8.27. The van der Waals surface area contributed by atoms with Crippen molar-refractivity contribution in [2.75, 3.05) is 0 Å². The van der Waals surface area contributed by atoms with Gasteiger partial charge in [0, 0.05) is 11.3 Å². The third-order valence-corrected chi connectivity index (χ3v) is 1.81. The van der Waals surface area contributed by atoms with E-state index in [9.17, 15) is 8.76 Å². The summed E-state index contributed by atoms with van der Waals surface area (Å²) in [4.78, 5) is 0. The number of rotatable bonds is 2. The van der Waals surface area contributed by atoms with Gasteiger partial charge in [-0.3, -0.25) is 4.21 Å². The Morgan fingerprint density at radius 3 is 2.64 bits per heavy atom. The lowest BCUT2D eigenvalue weighted by molar-refractivity contribution is 0.468. The van der Waals surface area contributed by atoms with Gasteiger partial charge in [-0.15, -0.1) is 0 Å². The third kappa shape index (κ3) is 2.32. The topological polar surface area (TPSA) is 60.4 Å². The predicted molar refractivity (Wildman–Crippen MR) is 40.7 cm³/mol. The van der Waals surface area contributed by atoms with Crippen molar-refractivity contribution in [3.05, 3.63) is 29.8 Å². The Labute approximate surface area is 67.0 Å². The molecule has 60 valence electrons. The predicted octanol–water partition coefficient (Wildman–Crippen LogP) is 0.771. The summed E-state index contributed by atoms with van der Waals surface area (Å²) in [6, 6.07) is 6.36. The second kappa shape index (κ2) is 3.50. The lowest BCUT2D eigenvalue weighted by Gasteiger charge is -2.05. The normalized spacial score (nSPS) is 12.8. The van der Waals surface area contributed by atoms with E-state index >= 15 is 0 Å². The van der Waals surface area contributed by atoms with Crippen LogP contribution in [0, 0.1) is 0 Å². The van der Waals surface area contributed by atoms with Gasteiger partial charge in [-0.05, 0) is 6.07 Å². The summed E-state index contributed by atoms with van der Waals surface area (Å²) in [5.41, 5.74) is 0.431. The molecule has 3 nitrogen and oxygen atoms in total. The minimum absolute atomic E-state index is 0.0247. The molecule has 0 fully saturated rings. The molecule has 0 aliphatic carbocycles. The van der Waals surface area contributed by atoms with Crippen LogP contribution in [0.15, 0.2) is 24.3 Å². The molecule has 1 aromatic carbocycles. The van der Waals surface area contributed by atoms with Crippen LogP contribution in [0.3, 0.4) is 0 Å². The number of hydrogen-bond acceptors (Lipinski definition) is 3. The fourth-order valence-electron chi connectivity index (χ4n) is 0.760. The van der Waals surface area contributed by atoms with Crippen LogP contribution in [0.4, 0.5) is 0 Å². The molecule has 1 N–H and O–H groups in total. The summed E-state index contributed by atoms with van der Waals surface area (Å²) in [5, 5.41) is 9.09. The average molecular weight is 171 g/mol. The van der Waals surface area contributed by atoms with Crippen molar-refractivity contribution < 1.29 is 13.9 Å². The first-order chi connectivity index (χ1) is 5.20. The highest BCUT2D eigenvalue weighted by Crippen LogP contribution is 2.16. The van der Waals surface area contributed by atoms with Gasteiger partial charge in [0.1, 0.15) is 5.75 Å². The standard InChI is InChI=1S/C7H8O3S/c8-7-4-2-1-3-6(7)5-11(9)10/h1-4,8H,5H2,(H,9,10)/p-1. The minimum atomic E-state index is -2.14. The Kier molecular flexibility index (Phi) is 2.62. The van der Waals surface area contributed by atoms with Gasteiger partial charge >= 0.3 is 0 Å². The Morgan fingerprint density at radius 1 is 1.45 bits per heavy atom. The zero-order valence-electron chi connectivity index (χ0n) is 5.69. The second-order valence-corrected chi connectivity index (χ2v) is 2.97. The summed E-state index contributed by atoms with van der Waals surface area (Å²) in [5.74, 6) is -0.108. The maximum absolute atomic E-state index is 10.2. The fraction of sp³-hybridized carbons (Fsp3) is 0.143. The molecule has 0 bridgehead atoms. The molecule has 0 aromatic heterocycles. The summed E-state index contributed by atoms with van der Waals surface area (Å²) >= 11 is -2.14. The molecule has 0 heterocycles. The van der Waals surface area contributed by atoms with E-state index in [0.717, 1.165) is 0 Å². The third-order valence-electron chi connectivity index (χ3n) is 1.26. The van der Waals surface area contributed by atoms with Gasteiger partial charge in [0.15, 0.2) is 0 Å². The van der Waals surface area contributed by atoms with Crippen LogP contribution in [0.5, 0.6) is 5.75 Å². The van der Waals surface area contributed by atoms with Crippen LogP contribution in [-0.4, -0.2) is 13.9 Å². The monoisotopic (exact) mass is 171 g/mol. The maximum atomic E-state index is 10.2. The number of para-hydroxylation sites is 1. The highest BCUT2D eigenvalue weighted by atomic mass is 32.2. The van der Waals surface area contributed by atoms with Crippen molar-refractivity contribution in [3.8, 4) is 5.75 Å². The Balaban J connectivity index is 2.86. The van der Waals surface area contributed by atoms with Gasteiger partial charge in [0.2, 0.25) is 0 Å². The second-order valence-electron chi connectivity index (χ2n) is 2.08. The van der Waals surface area contributed by atoms with Gasteiger partial charge in [0.05, 0.1) is 0 Å². The fourth-order valence-corrected chi connectivity index (χ4v) is 1.26. The average Bonchev–Trinajstić information content (AvgIpc) is 1.93. The minimum Gasteiger partial charge on any atom is -0.772 e. The van der Waals surface area contributed by atoms with Crippen molar-refractivity contribution in [1.82, 2.24) is 0 Å². The summed E-state index contributed by atoms with van der Waals surface area (Å²) in [6.45, 7) is 0. The number of benzene rings is 1. The highest BCUT2D eigenvalue weighted by Gasteiger charge is 1.97. The van der Waals surface area contributed by atoms with E-state index in [4.69, 9.17) is 5.11 Å². The molecule has 1 atom stereocenters. The molecule has 0 amide bonds. The molecular formula is C7H7O3S-. The lowest BCUT2D eigenvalue weighted by Crippen LogP contribution is -1.92. The van der Waals surface area contributed by atoms with Gasteiger partial charge in [-0.2, -0.15) is 0 Å². The van der Waals surface area contributed by atoms with Crippen molar-refractivity contribution in [1.29, 1.82) is 0 Å². The molecule has 0 radical (unpaired) electrons. The molecule has 11 heavy (non-hydrogen) atoms. The Morgan fingerprint density at radius 2 is 2.09 bits per heavy atom. The van der Waals surface area contributed by atoms with Crippen LogP contribution in [0.1, 0.15) is 5.56 Å². The Bertz CT molecular complexity index is 272. The molecule has 0 saturated heterocycles. The van der Waals surface area contributed by atoms with Gasteiger partial charge in [0.25, 0.3) is 0 Å². The van der Waals surface area contributed by atoms with Crippen LogP contribution in [0.25, 0.3) is 0 Å². The van der Waals surface area contributed by atoms with E-state index < -0.39 is 11.1 Å². The molecule has 1 aromatic rings. The van der Waals surface area contributed by atoms with E-state index in [0.29, 0.717) is 5.56 Å². The van der Waals surface area contributed by atoms with Crippen molar-refractivity contribution in [3.63, 3.8) is 0 Å². The van der Waals surface area contributed by atoms with Gasteiger partial charge in [-0.1, -0.05) is 29.3 Å². The number of phenolic OH excluding ortho intramolecular Hbond substituents is 1. The number of phenols is 1. The highest BCUT2D eigenvalue weighted by molar-refractivity contribution is 7.78. The van der Waals surface area contributed by atoms with Gasteiger partial charge in [-0.25, -0.2) is 0 Å². The van der Waals surface area contributed by atoms with Crippen molar-refractivity contribution >= 4 is 11.1 Å². The summed E-state index contributed by atoms with van der Waals surface area (Å²) in [7, 11) is 0. The first kappa shape index (κ1) is 8.23. The van der Waals surface area contributed by atoms with Crippen LogP contribution < -0.4 is 0 Å². The molecule has 4 heteroatoms. The number of aromatic hydroxyl groups is 1. The first-order valence-electron chi connectivity index (χ1n) is 3.03. The summed E-state index contributed by atoms with van der Waals surface area (Å²) in [6.07, 6.45) is 0. The van der Waals surface area contributed by atoms with E-state index in [1.165, 1.54) is 6.07 Å². The first-order valence-corrected chi connectivity index (χ1v) is 4.27. The molecule has 1 unspecified atom stereocenters. The van der Waals surface area contributed by atoms with Crippen LogP contribution in [0.2, 0.25) is 0 Å². The largest absolute Gasteiger partial charge is 0.772 e. The van der Waals surface area contributed by atoms with E-state index in [1.807, 2.05) is 0 Å². The van der Waals surface area contributed by atoms with Crippen molar-refractivity contribution in [2.45, 2.75) is 5.75 Å². The van der Waals surface area contributed by atoms with Crippen LogP contribution >= 0.6 is 0 Å². The molecule has 0 spiro atoms. The molecular weight excluding hydrogens is 164 g/mol. The SMILES string of the molecule is O=S([O-])Cc1ccccc1O. The molecule has 0 saturated carbocycles. The molecule has 0 aliphatic heterocycles. The quantitative estimate of drug-likeness (QED) is 0.668. The summed E-state index contributed by atoms with van der Waals surface area (Å²) < 4.78 is 20.4. The van der Waals surface area contributed by atoms with E-state index in [2.05, 4.69) is 0 Å². The maximum Gasteiger partial charge on any atom is 0.119 e. The van der Waals surface area contributed by atoms with E-state index in [-0.39, 0.29) is 11.5 Å².